The van der Waals surface area contributed by atoms with Gasteiger partial charge in [-0.25, -0.2) is 0 Å². The molecule has 0 unspecified atom stereocenters. The molecule has 4 heteroatoms. The maximum Gasteiger partial charge on any atom is 0.138 e. The van der Waals surface area contributed by atoms with Crippen molar-refractivity contribution in [2.24, 2.45) is 0 Å². The number of rotatable bonds is 0. The quantitative estimate of drug-likeness (QED) is 0.539. The lowest BCUT2D eigenvalue weighted by Crippen LogP contribution is -1.85. The summed E-state index contributed by atoms with van der Waals surface area (Å²) in [6.07, 6.45) is 3.18. The molecule has 50 valence electrons. The fourth-order valence-electron chi connectivity index (χ4n) is 0.836. The van der Waals surface area contributed by atoms with Gasteiger partial charge < -0.3 is 4.52 Å². The molecule has 0 bridgehead atoms. The molecular weight excluding hydrogens is 130 g/mol. The third-order valence-corrected chi connectivity index (χ3v) is 1.34. The van der Waals surface area contributed by atoms with E-state index in [1.807, 2.05) is 6.92 Å². The van der Waals surface area contributed by atoms with Crippen LogP contribution in [0, 0.1) is 6.92 Å². The monoisotopic (exact) mass is 135 g/mol. The summed E-state index contributed by atoms with van der Waals surface area (Å²) in [5.41, 5.74) is 1.58. The van der Waals surface area contributed by atoms with E-state index in [1.54, 1.807) is 12.5 Å². The molecule has 0 aliphatic rings. The Hall–Kier alpha value is -1.45. The van der Waals surface area contributed by atoms with E-state index in [2.05, 4.69) is 15.4 Å². The minimum absolute atomic E-state index is 0.787. The number of aromatic nitrogens is 3. The van der Waals surface area contributed by atoms with Crippen molar-refractivity contribution in [1.82, 2.24) is 15.4 Å². The molecule has 0 N–H and O–H groups in total. The van der Waals surface area contributed by atoms with Crippen molar-refractivity contribution < 1.29 is 4.52 Å². The van der Waals surface area contributed by atoms with Crippen molar-refractivity contribution >= 4 is 10.9 Å². The Morgan fingerprint density at radius 2 is 2.40 bits per heavy atom. The molecule has 2 heterocycles. The number of hydrogen-bond donors (Lipinski definition) is 0. The van der Waals surface area contributed by atoms with Gasteiger partial charge in [-0.1, -0.05) is 5.16 Å². The van der Waals surface area contributed by atoms with E-state index in [9.17, 15) is 0 Å². The Bertz CT molecular complexity index is 355. The highest BCUT2D eigenvalue weighted by molar-refractivity contribution is 5.77. The second kappa shape index (κ2) is 1.76. The predicted octanol–water partition coefficient (Wildman–Crippen LogP) is 0.926. The van der Waals surface area contributed by atoms with Crippen molar-refractivity contribution in [3.05, 3.63) is 18.2 Å². The third-order valence-electron chi connectivity index (χ3n) is 1.34. The Morgan fingerprint density at radius 3 is 3.20 bits per heavy atom. The second-order valence-electron chi connectivity index (χ2n) is 2.05. The van der Waals surface area contributed by atoms with Crippen LogP contribution in [0.15, 0.2) is 17.0 Å². The van der Waals surface area contributed by atoms with Crippen LogP contribution in [0.5, 0.6) is 0 Å². The van der Waals surface area contributed by atoms with Crippen LogP contribution in [0.25, 0.3) is 10.9 Å². The molecule has 4 nitrogen and oxygen atoms in total. The van der Waals surface area contributed by atoms with E-state index in [0.717, 1.165) is 16.6 Å². The number of nitrogens with zero attached hydrogens (tertiary/aromatic N) is 3. The Kier molecular flexibility index (Phi) is 0.943. The van der Waals surface area contributed by atoms with Crippen LogP contribution in [0.4, 0.5) is 0 Å². The van der Waals surface area contributed by atoms with Crippen LogP contribution in [-0.4, -0.2) is 15.4 Å². The first-order valence-corrected chi connectivity index (χ1v) is 2.90. The van der Waals surface area contributed by atoms with Crippen LogP contribution < -0.4 is 0 Å². The van der Waals surface area contributed by atoms with E-state index in [4.69, 9.17) is 4.52 Å². The third kappa shape index (κ3) is 0.586. The predicted molar refractivity (Wildman–Crippen MR) is 34.3 cm³/mol. The van der Waals surface area contributed by atoms with E-state index < -0.39 is 0 Å². The van der Waals surface area contributed by atoms with Crippen LogP contribution in [0.2, 0.25) is 0 Å². The van der Waals surface area contributed by atoms with Gasteiger partial charge in [-0.3, -0.25) is 0 Å². The summed E-state index contributed by atoms with van der Waals surface area (Å²) in [7, 11) is 0. The standard InChI is InChI=1S/C6H5N3O/c1-4-6-5(2-7-8-4)3-10-9-6/h2-3H,1H3. The van der Waals surface area contributed by atoms with E-state index in [1.165, 1.54) is 0 Å². The SMILES string of the molecule is Cc1nncc2conc12. The normalized spacial score (nSPS) is 10.5. The van der Waals surface area contributed by atoms with Crippen molar-refractivity contribution in [2.45, 2.75) is 6.92 Å². The molecule has 0 amide bonds. The molecule has 10 heavy (non-hydrogen) atoms. The molecule has 0 saturated carbocycles. The summed E-state index contributed by atoms with van der Waals surface area (Å²) in [6, 6.07) is 0. The molecule has 2 aromatic heterocycles. The maximum atomic E-state index is 4.72. The van der Waals surface area contributed by atoms with Crippen LogP contribution in [0.3, 0.4) is 0 Å². The van der Waals surface area contributed by atoms with Gasteiger partial charge in [-0.2, -0.15) is 10.2 Å². The molecule has 0 fully saturated rings. The molecule has 0 aliphatic carbocycles. The second-order valence-corrected chi connectivity index (χ2v) is 2.05. The molecule has 0 spiro atoms. The van der Waals surface area contributed by atoms with Crippen molar-refractivity contribution in [2.75, 3.05) is 0 Å². The van der Waals surface area contributed by atoms with Crippen molar-refractivity contribution in [1.29, 1.82) is 0 Å². The van der Waals surface area contributed by atoms with Gasteiger partial charge in [-0.15, -0.1) is 0 Å². The molecular formula is C6H5N3O. The first-order valence-electron chi connectivity index (χ1n) is 2.90. The smallest absolute Gasteiger partial charge is 0.138 e. The maximum absolute atomic E-state index is 4.72. The summed E-state index contributed by atoms with van der Waals surface area (Å²) in [4.78, 5) is 0. The molecule has 0 saturated heterocycles. The van der Waals surface area contributed by atoms with Crippen LogP contribution >= 0.6 is 0 Å². The van der Waals surface area contributed by atoms with Gasteiger partial charge in [-0.05, 0) is 6.92 Å². The zero-order valence-corrected chi connectivity index (χ0v) is 5.40. The molecule has 0 aliphatic heterocycles. The lowest BCUT2D eigenvalue weighted by molar-refractivity contribution is 0.428. The van der Waals surface area contributed by atoms with Gasteiger partial charge in [0, 0.05) is 0 Å². The van der Waals surface area contributed by atoms with Gasteiger partial charge in [0.1, 0.15) is 11.8 Å². The van der Waals surface area contributed by atoms with E-state index in [0.29, 0.717) is 0 Å². The van der Waals surface area contributed by atoms with Crippen LogP contribution in [-0.2, 0) is 0 Å². The highest BCUT2D eigenvalue weighted by Gasteiger charge is 2.00. The molecule has 0 atom stereocenters. The average molecular weight is 135 g/mol. The number of fused-ring (bicyclic) bond motifs is 1. The Balaban J connectivity index is 2.95. The minimum atomic E-state index is 0.787. The summed E-state index contributed by atoms with van der Waals surface area (Å²) < 4.78 is 4.72. The van der Waals surface area contributed by atoms with Gasteiger partial charge in [0.05, 0.1) is 17.3 Å². The fourth-order valence-corrected chi connectivity index (χ4v) is 0.836. The Labute approximate surface area is 56.9 Å². The highest BCUT2D eigenvalue weighted by Crippen LogP contribution is 2.10. The summed E-state index contributed by atoms with van der Waals surface area (Å²) in [5, 5.41) is 12.2. The largest absolute Gasteiger partial charge is 0.363 e. The first-order chi connectivity index (χ1) is 4.88. The summed E-state index contributed by atoms with van der Waals surface area (Å²) in [6.45, 7) is 1.85. The summed E-state index contributed by atoms with van der Waals surface area (Å²) >= 11 is 0. The average Bonchev–Trinajstić information content (AvgIpc) is 2.36. The van der Waals surface area contributed by atoms with Crippen LogP contribution in [0.1, 0.15) is 5.69 Å². The first kappa shape index (κ1) is 5.34. The molecule has 2 aromatic rings. The number of aryl methyl sites for hydroxylation is 1. The zero-order chi connectivity index (χ0) is 6.97. The fraction of sp³-hybridized carbons (Fsp3) is 0.167. The van der Waals surface area contributed by atoms with Gasteiger partial charge in [0.25, 0.3) is 0 Å². The Morgan fingerprint density at radius 1 is 1.50 bits per heavy atom. The highest BCUT2D eigenvalue weighted by atomic mass is 16.5. The molecule has 0 aromatic carbocycles. The lowest BCUT2D eigenvalue weighted by Gasteiger charge is -1.86. The minimum Gasteiger partial charge on any atom is -0.363 e. The van der Waals surface area contributed by atoms with Crippen molar-refractivity contribution in [3.63, 3.8) is 0 Å². The lowest BCUT2D eigenvalue weighted by atomic mass is 10.3. The van der Waals surface area contributed by atoms with Gasteiger partial charge in [0.15, 0.2) is 0 Å². The van der Waals surface area contributed by atoms with E-state index >= 15 is 0 Å². The van der Waals surface area contributed by atoms with E-state index in [-0.39, 0.29) is 0 Å². The van der Waals surface area contributed by atoms with Gasteiger partial charge in [0.2, 0.25) is 0 Å². The summed E-state index contributed by atoms with van der Waals surface area (Å²) in [5.74, 6) is 0. The van der Waals surface area contributed by atoms with Crippen molar-refractivity contribution in [3.8, 4) is 0 Å². The number of hydrogen-bond acceptors (Lipinski definition) is 4. The van der Waals surface area contributed by atoms with Gasteiger partial charge >= 0.3 is 0 Å². The molecule has 0 radical (unpaired) electrons. The zero-order valence-electron chi connectivity index (χ0n) is 5.40. The molecule has 2 rings (SSSR count). The topological polar surface area (TPSA) is 51.8 Å².